The molecule has 0 unspecified atom stereocenters. The highest BCUT2D eigenvalue weighted by Gasteiger charge is 2.12. The van der Waals surface area contributed by atoms with Crippen LogP contribution in [-0.2, 0) is 4.74 Å². The zero-order valence-electron chi connectivity index (χ0n) is 15.7. The monoisotopic (exact) mass is 371 g/mol. The third kappa shape index (κ3) is 5.38. The van der Waals surface area contributed by atoms with Crippen molar-refractivity contribution in [2.45, 2.75) is 6.92 Å². The molecule has 27 heavy (non-hydrogen) atoms. The first-order valence-electron chi connectivity index (χ1n) is 8.99. The van der Waals surface area contributed by atoms with Gasteiger partial charge in [0.15, 0.2) is 11.5 Å². The topological polar surface area (TPSA) is 88.6 Å². The van der Waals surface area contributed by atoms with Gasteiger partial charge in [0.2, 0.25) is 0 Å². The molecule has 1 fully saturated rings. The van der Waals surface area contributed by atoms with Crippen LogP contribution in [0.25, 0.3) is 0 Å². The summed E-state index contributed by atoms with van der Waals surface area (Å²) in [5.41, 5.74) is 2.19. The number of nitrogens with zero attached hydrogens (tertiary/aromatic N) is 3. The van der Waals surface area contributed by atoms with E-state index in [2.05, 4.69) is 25.7 Å². The summed E-state index contributed by atoms with van der Waals surface area (Å²) < 4.78 is 10.7. The Morgan fingerprint density at radius 3 is 2.74 bits per heavy atom. The van der Waals surface area contributed by atoms with E-state index in [1.807, 2.05) is 25.1 Å². The van der Waals surface area contributed by atoms with Crippen LogP contribution in [0.5, 0.6) is 5.75 Å². The Balaban J connectivity index is 1.53. The Labute approximate surface area is 158 Å². The van der Waals surface area contributed by atoms with Crippen molar-refractivity contribution in [3.8, 4) is 5.75 Å². The van der Waals surface area contributed by atoms with E-state index >= 15 is 0 Å². The molecule has 0 radical (unpaired) electrons. The molecule has 1 aromatic carbocycles. The molecule has 1 aliphatic heterocycles. The maximum absolute atomic E-state index is 12.2. The minimum absolute atomic E-state index is 0.226. The van der Waals surface area contributed by atoms with E-state index in [4.69, 9.17) is 9.47 Å². The number of hydrogen-bond donors (Lipinski definition) is 2. The molecule has 2 heterocycles. The molecule has 8 heteroatoms. The first-order valence-corrected chi connectivity index (χ1v) is 8.99. The number of carbonyl (C=O) groups excluding carboxylic acids is 1. The first kappa shape index (κ1) is 19.1. The number of nitrogens with one attached hydrogen (secondary N) is 2. The minimum atomic E-state index is -0.226. The highest BCUT2D eigenvalue weighted by atomic mass is 16.5. The largest absolute Gasteiger partial charge is 0.495 e. The summed E-state index contributed by atoms with van der Waals surface area (Å²) in [6.07, 6.45) is 0. The lowest BCUT2D eigenvalue weighted by Crippen LogP contribution is -2.41. The summed E-state index contributed by atoms with van der Waals surface area (Å²) in [5, 5.41) is 14.2. The van der Waals surface area contributed by atoms with E-state index < -0.39 is 0 Å². The van der Waals surface area contributed by atoms with Gasteiger partial charge in [-0.2, -0.15) is 0 Å². The van der Waals surface area contributed by atoms with Crippen LogP contribution in [-0.4, -0.2) is 67.5 Å². The van der Waals surface area contributed by atoms with E-state index in [0.29, 0.717) is 23.8 Å². The smallest absolute Gasteiger partial charge is 0.271 e. The maximum Gasteiger partial charge on any atom is 0.271 e. The van der Waals surface area contributed by atoms with Crippen LogP contribution in [0, 0.1) is 6.92 Å². The Morgan fingerprint density at radius 1 is 1.22 bits per heavy atom. The third-order valence-electron chi connectivity index (χ3n) is 4.33. The van der Waals surface area contributed by atoms with Crippen molar-refractivity contribution in [2.24, 2.45) is 0 Å². The molecular weight excluding hydrogens is 346 g/mol. The molecule has 0 saturated carbocycles. The molecule has 2 aromatic rings. The molecule has 3 rings (SSSR count). The third-order valence-corrected chi connectivity index (χ3v) is 4.33. The molecule has 0 atom stereocenters. The number of rotatable bonds is 7. The van der Waals surface area contributed by atoms with Crippen molar-refractivity contribution < 1.29 is 14.3 Å². The number of ether oxygens (including phenoxy) is 2. The maximum atomic E-state index is 12.2. The summed E-state index contributed by atoms with van der Waals surface area (Å²) >= 11 is 0. The fourth-order valence-corrected chi connectivity index (χ4v) is 2.82. The van der Waals surface area contributed by atoms with Crippen LogP contribution in [0.1, 0.15) is 16.1 Å². The van der Waals surface area contributed by atoms with Gasteiger partial charge < -0.3 is 20.1 Å². The van der Waals surface area contributed by atoms with Crippen molar-refractivity contribution in [3.63, 3.8) is 0 Å². The lowest BCUT2D eigenvalue weighted by atomic mass is 10.2. The van der Waals surface area contributed by atoms with Gasteiger partial charge >= 0.3 is 0 Å². The van der Waals surface area contributed by atoms with Crippen LogP contribution < -0.4 is 15.4 Å². The molecule has 0 bridgehead atoms. The second-order valence-electron chi connectivity index (χ2n) is 6.34. The molecule has 1 aromatic heterocycles. The second-order valence-corrected chi connectivity index (χ2v) is 6.34. The molecule has 1 aliphatic rings. The zero-order chi connectivity index (χ0) is 19.1. The number of benzene rings is 1. The Kier molecular flexibility index (Phi) is 6.56. The van der Waals surface area contributed by atoms with Gasteiger partial charge in [-0.05, 0) is 36.8 Å². The molecule has 8 nitrogen and oxygen atoms in total. The Hall–Kier alpha value is -2.71. The minimum Gasteiger partial charge on any atom is -0.495 e. The number of methoxy groups -OCH3 is 1. The Morgan fingerprint density at radius 2 is 2.04 bits per heavy atom. The number of anilines is 2. The van der Waals surface area contributed by atoms with Gasteiger partial charge in [-0.1, -0.05) is 6.07 Å². The summed E-state index contributed by atoms with van der Waals surface area (Å²) in [4.78, 5) is 14.5. The average Bonchev–Trinajstić information content (AvgIpc) is 2.69. The first-order chi connectivity index (χ1) is 13.2. The van der Waals surface area contributed by atoms with E-state index in [0.717, 1.165) is 44.1 Å². The van der Waals surface area contributed by atoms with Crippen molar-refractivity contribution in [1.29, 1.82) is 0 Å². The fraction of sp³-hybridized carbons (Fsp3) is 0.421. The zero-order valence-corrected chi connectivity index (χ0v) is 15.7. The number of morpholine rings is 1. The number of aromatic nitrogens is 2. The summed E-state index contributed by atoms with van der Waals surface area (Å²) in [6, 6.07) is 9.21. The molecule has 1 amide bonds. The fourth-order valence-electron chi connectivity index (χ4n) is 2.82. The van der Waals surface area contributed by atoms with E-state index in [1.54, 1.807) is 19.2 Å². The Bertz CT molecular complexity index is 760. The summed E-state index contributed by atoms with van der Waals surface area (Å²) in [5.74, 6) is 1.03. The SMILES string of the molecule is COc1ccc(C)cc1Nc1ccc(C(=O)NCCN2CCOCC2)nn1. The van der Waals surface area contributed by atoms with Crippen LogP contribution in [0.3, 0.4) is 0 Å². The molecule has 0 spiro atoms. The van der Waals surface area contributed by atoms with Crippen LogP contribution in [0.4, 0.5) is 11.5 Å². The number of carbonyl (C=O) groups is 1. The van der Waals surface area contributed by atoms with Gasteiger partial charge in [0.05, 0.1) is 26.0 Å². The number of aryl methyl sites for hydroxylation is 1. The van der Waals surface area contributed by atoms with Crippen molar-refractivity contribution in [1.82, 2.24) is 20.4 Å². The summed E-state index contributed by atoms with van der Waals surface area (Å²) in [6.45, 7) is 6.67. The van der Waals surface area contributed by atoms with E-state index in [1.165, 1.54) is 0 Å². The van der Waals surface area contributed by atoms with Gasteiger partial charge in [0.25, 0.3) is 5.91 Å². The van der Waals surface area contributed by atoms with E-state index in [9.17, 15) is 4.79 Å². The van der Waals surface area contributed by atoms with Crippen molar-refractivity contribution in [2.75, 3.05) is 51.8 Å². The van der Waals surface area contributed by atoms with Gasteiger partial charge in [-0.25, -0.2) is 0 Å². The van der Waals surface area contributed by atoms with Crippen LogP contribution >= 0.6 is 0 Å². The number of amides is 1. The van der Waals surface area contributed by atoms with Gasteiger partial charge in [-0.15, -0.1) is 10.2 Å². The van der Waals surface area contributed by atoms with Crippen molar-refractivity contribution in [3.05, 3.63) is 41.6 Å². The average molecular weight is 371 g/mol. The standard InChI is InChI=1S/C19H25N5O3/c1-14-3-5-17(26-2)16(13-14)21-18-6-4-15(22-23-18)19(25)20-7-8-24-9-11-27-12-10-24/h3-6,13H,7-12H2,1-2H3,(H,20,25)(H,21,23). The molecule has 1 saturated heterocycles. The van der Waals surface area contributed by atoms with Gasteiger partial charge in [0.1, 0.15) is 5.75 Å². The predicted molar refractivity (Wildman–Crippen MR) is 103 cm³/mol. The quantitative estimate of drug-likeness (QED) is 0.764. The van der Waals surface area contributed by atoms with Crippen LogP contribution in [0.15, 0.2) is 30.3 Å². The van der Waals surface area contributed by atoms with Crippen molar-refractivity contribution >= 4 is 17.4 Å². The highest BCUT2D eigenvalue weighted by molar-refractivity contribution is 5.92. The molecule has 0 aliphatic carbocycles. The number of hydrogen-bond acceptors (Lipinski definition) is 7. The van der Waals surface area contributed by atoms with Gasteiger partial charge in [-0.3, -0.25) is 9.69 Å². The lowest BCUT2D eigenvalue weighted by molar-refractivity contribution is 0.0383. The molecular formula is C19H25N5O3. The molecule has 144 valence electrons. The second kappa shape index (κ2) is 9.29. The van der Waals surface area contributed by atoms with Gasteiger partial charge in [0, 0.05) is 26.2 Å². The lowest BCUT2D eigenvalue weighted by Gasteiger charge is -2.26. The summed E-state index contributed by atoms with van der Waals surface area (Å²) in [7, 11) is 1.62. The van der Waals surface area contributed by atoms with Crippen LogP contribution in [0.2, 0.25) is 0 Å². The van der Waals surface area contributed by atoms with E-state index in [-0.39, 0.29) is 5.91 Å². The predicted octanol–water partition coefficient (Wildman–Crippen LogP) is 1.60. The normalized spacial score (nSPS) is 14.6. The highest BCUT2D eigenvalue weighted by Crippen LogP contribution is 2.27. The molecule has 2 N–H and O–H groups in total.